The second-order valence-corrected chi connectivity index (χ2v) is 9.67. The van der Waals surface area contributed by atoms with Crippen LogP contribution in [0, 0.1) is 195 Å². The summed E-state index contributed by atoms with van der Waals surface area (Å²) in [5, 5.41) is 0. The molecular formula is C42H22O2. The first-order valence-corrected chi connectivity index (χ1v) is 13.7. The van der Waals surface area contributed by atoms with E-state index < -0.39 is 0 Å². The van der Waals surface area contributed by atoms with Gasteiger partial charge in [0.05, 0.1) is 5.92 Å². The molecule has 3 aliphatic rings. The van der Waals surface area contributed by atoms with Gasteiger partial charge in [-0.3, -0.25) is 4.79 Å². The Kier molecular flexibility index (Phi) is 12.9. The Balaban J connectivity index is 1.78. The van der Waals surface area contributed by atoms with Crippen molar-refractivity contribution in [3.63, 3.8) is 0 Å². The molecule has 2 nitrogen and oxygen atoms in total. The third-order valence-electron chi connectivity index (χ3n) is 7.26. The minimum atomic E-state index is -0.309. The second kappa shape index (κ2) is 17.9. The third-order valence-corrected chi connectivity index (χ3v) is 7.26. The van der Waals surface area contributed by atoms with Crippen LogP contribution in [-0.2, 0) is 9.53 Å². The minimum absolute atomic E-state index is 0.0239. The first kappa shape index (κ1) is 31.8. The van der Waals surface area contributed by atoms with Gasteiger partial charge < -0.3 is 4.74 Å². The first-order chi connectivity index (χ1) is 21.6. The van der Waals surface area contributed by atoms with Crippen molar-refractivity contribution >= 4 is 5.97 Å². The largest absolute Gasteiger partial charge is 0.462 e. The lowest BCUT2D eigenvalue weighted by Crippen LogP contribution is -2.30. The van der Waals surface area contributed by atoms with Gasteiger partial charge in [0.2, 0.25) is 0 Å². The summed E-state index contributed by atoms with van der Waals surface area (Å²) in [5.74, 6) is 72.3. The molecule has 0 aromatic heterocycles. The van der Waals surface area contributed by atoms with E-state index in [9.17, 15) is 4.79 Å². The van der Waals surface area contributed by atoms with E-state index in [4.69, 9.17) is 11.2 Å². The maximum atomic E-state index is 12.5. The first-order valence-electron chi connectivity index (χ1n) is 13.7. The van der Waals surface area contributed by atoms with E-state index in [0.717, 1.165) is 25.7 Å². The lowest BCUT2D eigenvalue weighted by atomic mass is 9.68. The van der Waals surface area contributed by atoms with Gasteiger partial charge in [-0.15, -0.1) is 6.42 Å². The van der Waals surface area contributed by atoms with Crippen LogP contribution in [0.4, 0.5) is 0 Å². The summed E-state index contributed by atoms with van der Waals surface area (Å²) in [6.45, 7) is 3.65. The Labute approximate surface area is 262 Å². The molecule has 0 bridgehead atoms. The maximum absolute atomic E-state index is 12.5. The molecule has 2 heteroatoms. The zero-order valence-electron chi connectivity index (χ0n) is 24.3. The molecule has 0 amide bonds. The van der Waals surface area contributed by atoms with Gasteiger partial charge in [-0.05, 0) is 181 Å². The van der Waals surface area contributed by atoms with E-state index in [1.165, 1.54) is 0 Å². The van der Waals surface area contributed by atoms with Crippen LogP contribution in [0.25, 0.3) is 0 Å². The molecular weight excluding hydrogens is 536 g/mol. The fourth-order valence-corrected chi connectivity index (χ4v) is 5.49. The summed E-state index contributed by atoms with van der Waals surface area (Å²) in [5.41, 5.74) is -0.309. The third kappa shape index (κ3) is 9.74. The van der Waals surface area contributed by atoms with E-state index in [1.807, 2.05) is 6.92 Å². The van der Waals surface area contributed by atoms with Crippen molar-refractivity contribution < 1.29 is 9.53 Å². The van der Waals surface area contributed by atoms with Crippen molar-refractivity contribution in [1.82, 2.24) is 0 Å². The molecule has 2 saturated carbocycles. The average Bonchev–Trinajstić information content (AvgIpc) is 3.51. The van der Waals surface area contributed by atoms with Crippen molar-refractivity contribution in [1.29, 1.82) is 0 Å². The highest BCUT2D eigenvalue weighted by Crippen LogP contribution is 2.57. The number of esters is 1. The van der Waals surface area contributed by atoms with Crippen LogP contribution < -0.4 is 0 Å². The number of ether oxygens (including phenoxy) is 1. The Morgan fingerprint density at radius 3 is 1.75 bits per heavy atom. The summed E-state index contributed by atoms with van der Waals surface area (Å²) in [6, 6.07) is 0. The van der Waals surface area contributed by atoms with Crippen molar-refractivity contribution in [3.05, 3.63) is 0 Å². The molecule has 0 spiro atoms. The van der Waals surface area contributed by atoms with Gasteiger partial charge in [-0.2, -0.15) is 0 Å². The number of terminal acetylenes is 1. The van der Waals surface area contributed by atoms with Crippen LogP contribution in [0.15, 0.2) is 0 Å². The van der Waals surface area contributed by atoms with Crippen molar-refractivity contribution in [2.24, 2.45) is 29.1 Å². The number of carbonyl (C=O) groups is 1. The van der Waals surface area contributed by atoms with Gasteiger partial charge in [0.1, 0.15) is 6.10 Å². The molecule has 44 heavy (non-hydrogen) atoms. The second-order valence-electron chi connectivity index (χ2n) is 9.67. The standard InChI is InChI=1S/C42H22O2/c1-4-6-8-10-12-14-16-18-20-22-24-26-28-32-42-33-29-31-39(42)37(34-40-38(35-42)36(3)41(43)44-40)30-27-25-23-21-19-17-15-13-11-9-7-5-2/h2,36-40H,29,31,33-35H2,1,3H3. The molecule has 2 aliphatic carbocycles. The molecule has 3 rings (SSSR count). The van der Waals surface area contributed by atoms with Crippen LogP contribution >= 0.6 is 0 Å². The smallest absolute Gasteiger partial charge is 0.309 e. The molecule has 202 valence electrons. The predicted octanol–water partition coefficient (Wildman–Crippen LogP) is 3.06. The highest BCUT2D eigenvalue weighted by atomic mass is 16.6. The van der Waals surface area contributed by atoms with E-state index in [1.54, 1.807) is 6.92 Å². The van der Waals surface area contributed by atoms with Gasteiger partial charge in [0.15, 0.2) is 0 Å². The van der Waals surface area contributed by atoms with E-state index in [2.05, 4.69) is 160 Å². The Morgan fingerprint density at radius 1 is 0.705 bits per heavy atom. The van der Waals surface area contributed by atoms with Crippen LogP contribution in [0.1, 0.15) is 46.0 Å². The Bertz CT molecular complexity index is 2090. The number of hydrogen-bond donors (Lipinski definition) is 0. The SMILES string of the molecule is C#CC#CC#CC#CC#CC#CC#CC1CC2OC(=O)C(C)C2CC2(C#CC#CC#CC#CC#CC#CC#CC)CCCC12. The van der Waals surface area contributed by atoms with Gasteiger partial charge in [-0.1, -0.05) is 31.1 Å². The molecule has 6 atom stereocenters. The van der Waals surface area contributed by atoms with Gasteiger partial charge in [0.25, 0.3) is 0 Å². The average molecular weight is 559 g/mol. The molecule has 1 heterocycles. The molecule has 3 fully saturated rings. The highest BCUT2D eigenvalue weighted by molar-refractivity contribution is 5.75. The van der Waals surface area contributed by atoms with Crippen LogP contribution in [0.2, 0.25) is 0 Å². The van der Waals surface area contributed by atoms with Crippen LogP contribution in [-0.4, -0.2) is 12.1 Å². The van der Waals surface area contributed by atoms with Crippen LogP contribution in [0.3, 0.4) is 0 Å². The van der Waals surface area contributed by atoms with Gasteiger partial charge >= 0.3 is 5.97 Å². The fraction of sp³-hybridized carbons (Fsp3) is 0.310. The quantitative estimate of drug-likeness (QED) is 0.338. The molecule has 1 aliphatic heterocycles. The number of fused-ring (bicyclic) bond motifs is 2. The lowest BCUT2D eigenvalue weighted by Gasteiger charge is -2.33. The zero-order valence-corrected chi connectivity index (χ0v) is 24.3. The summed E-state index contributed by atoms with van der Waals surface area (Å²) >= 11 is 0. The Morgan fingerprint density at radius 2 is 1.20 bits per heavy atom. The highest BCUT2D eigenvalue weighted by Gasteiger charge is 2.55. The molecule has 0 N–H and O–H groups in total. The molecule has 6 unspecified atom stereocenters. The number of rotatable bonds is 0. The van der Waals surface area contributed by atoms with Gasteiger partial charge in [0, 0.05) is 17.3 Å². The summed E-state index contributed by atoms with van der Waals surface area (Å²) in [4.78, 5) is 12.5. The summed E-state index contributed by atoms with van der Waals surface area (Å²) < 4.78 is 5.79. The predicted molar refractivity (Wildman–Crippen MR) is 171 cm³/mol. The van der Waals surface area contributed by atoms with Crippen molar-refractivity contribution in [2.75, 3.05) is 0 Å². The number of carbonyl (C=O) groups excluding carboxylic acids is 1. The van der Waals surface area contributed by atoms with E-state index in [0.29, 0.717) is 6.42 Å². The van der Waals surface area contributed by atoms with Crippen molar-refractivity contribution in [3.8, 4) is 166 Å². The molecule has 0 aromatic carbocycles. The normalized spacial score (nSPS) is 23.2. The Hall–Kier alpha value is -6.69. The monoisotopic (exact) mass is 558 g/mol. The van der Waals surface area contributed by atoms with E-state index >= 15 is 0 Å². The van der Waals surface area contributed by atoms with Gasteiger partial charge in [-0.25, -0.2) is 0 Å². The molecule has 0 aromatic rings. The number of hydrogen-bond acceptors (Lipinski definition) is 2. The molecule has 1 saturated heterocycles. The summed E-state index contributed by atoms with van der Waals surface area (Å²) in [7, 11) is 0. The lowest BCUT2D eigenvalue weighted by molar-refractivity contribution is -0.144. The molecule has 0 radical (unpaired) electrons. The fourth-order valence-electron chi connectivity index (χ4n) is 5.49. The topological polar surface area (TPSA) is 26.3 Å². The van der Waals surface area contributed by atoms with Crippen LogP contribution in [0.5, 0.6) is 0 Å². The maximum Gasteiger partial charge on any atom is 0.309 e. The van der Waals surface area contributed by atoms with Crippen molar-refractivity contribution in [2.45, 2.75) is 52.1 Å². The zero-order chi connectivity index (χ0) is 31.3. The van der Waals surface area contributed by atoms with E-state index in [-0.39, 0.29) is 41.2 Å². The summed E-state index contributed by atoms with van der Waals surface area (Å²) in [6.07, 6.45) is 9.21. The minimum Gasteiger partial charge on any atom is -0.462 e.